The summed E-state index contributed by atoms with van der Waals surface area (Å²) in [7, 11) is 1.92. The molecule has 0 aromatic heterocycles. The van der Waals surface area contributed by atoms with Crippen LogP contribution in [0, 0.1) is 0 Å². The molecule has 3 heteroatoms. The standard InChI is InChI=1S/C16H18BrNO/c1-3-12-8-6-10-15(18-2)16(12)19-11-13-7-4-5-9-14(13)17/h4-10,18H,3,11H2,1-2H3. The smallest absolute Gasteiger partial charge is 0.146 e. The molecular weight excluding hydrogens is 302 g/mol. The number of hydrogen-bond donors (Lipinski definition) is 1. The summed E-state index contributed by atoms with van der Waals surface area (Å²) >= 11 is 3.55. The first kappa shape index (κ1) is 13.9. The molecule has 0 aliphatic rings. The van der Waals surface area contributed by atoms with Crippen molar-refractivity contribution >= 4 is 21.6 Å². The quantitative estimate of drug-likeness (QED) is 0.867. The Balaban J connectivity index is 2.21. The minimum Gasteiger partial charge on any atom is -0.486 e. The Hall–Kier alpha value is -1.48. The van der Waals surface area contributed by atoms with E-state index >= 15 is 0 Å². The van der Waals surface area contributed by atoms with Crippen LogP contribution >= 0.6 is 15.9 Å². The first-order valence-corrected chi connectivity index (χ1v) is 7.21. The summed E-state index contributed by atoms with van der Waals surface area (Å²) in [6.07, 6.45) is 0.959. The van der Waals surface area contributed by atoms with E-state index in [4.69, 9.17) is 4.74 Å². The summed E-state index contributed by atoms with van der Waals surface area (Å²) in [5, 5.41) is 3.18. The van der Waals surface area contributed by atoms with Gasteiger partial charge in [0.25, 0.3) is 0 Å². The summed E-state index contributed by atoms with van der Waals surface area (Å²) in [6, 6.07) is 14.3. The van der Waals surface area contributed by atoms with Gasteiger partial charge >= 0.3 is 0 Å². The normalized spacial score (nSPS) is 10.3. The van der Waals surface area contributed by atoms with Crippen LogP contribution in [0.3, 0.4) is 0 Å². The topological polar surface area (TPSA) is 21.3 Å². The van der Waals surface area contributed by atoms with Gasteiger partial charge in [0.15, 0.2) is 0 Å². The molecule has 0 bridgehead atoms. The number of halogens is 1. The van der Waals surface area contributed by atoms with Crippen LogP contribution < -0.4 is 10.1 Å². The monoisotopic (exact) mass is 319 g/mol. The second-order valence-corrected chi connectivity index (χ2v) is 5.13. The fourth-order valence-electron chi connectivity index (χ4n) is 2.00. The highest BCUT2D eigenvalue weighted by atomic mass is 79.9. The summed E-state index contributed by atoms with van der Waals surface area (Å²) in [5.74, 6) is 0.947. The van der Waals surface area contributed by atoms with Crippen LogP contribution in [0.5, 0.6) is 5.75 Å². The molecule has 0 amide bonds. The van der Waals surface area contributed by atoms with Gasteiger partial charge in [-0.3, -0.25) is 0 Å². The zero-order valence-electron chi connectivity index (χ0n) is 11.2. The Labute approximate surface area is 122 Å². The average molecular weight is 320 g/mol. The number of para-hydroxylation sites is 1. The van der Waals surface area contributed by atoms with E-state index < -0.39 is 0 Å². The molecule has 0 atom stereocenters. The lowest BCUT2D eigenvalue weighted by molar-refractivity contribution is 0.304. The Bertz CT molecular complexity index is 532. The summed E-state index contributed by atoms with van der Waals surface area (Å²) < 4.78 is 7.10. The van der Waals surface area contributed by atoms with Gasteiger partial charge in [0.1, 0.15) is 12.4 Å². The van der Waals surface area contributed by atoms with Gasteiger partial charge in [-0.25, -0.2) is 0 Å². The first-order valence-electron chi connectivity index (χ1n) is 6.42. The molecule has 0 aliphatic heterocycles. The van der Waals surface area contributed by atoms with Gasteiger partial charge in [-0.2, -0.15) is 0 Å². The zero-order valence-corrected chi connectivity index (χ0v) is 12.8. The van der Waals surface area contributed by atoms with Crippen molar-refractivity contribution in [2.24, 2.45) is 0 Å². The van der Waals surface area contributed by atoms with Crippen molar-refractivity contribution in [1.29, 1.82) is 0 Å². The molecule has 0 spiro atoms. The Kier molecular flexibility index (Phi) is 4.86. The Morgan fingerprint density at radius 1 is 1.05 bits per heavy atom. The molecule has 0 radical (unpaired) electrons. The maximum absolute atomic E-state index is 6.02. The maximum Gasteiger partial charge on any atom is 0.146 e. The molecule has 2 rings (SSSR count). The molecule has 2 nitrogen and oxygen atoms in total. The van der Waals surface area contributed by atoms with Gasteiger partial charge < -0.3 is 10.1 Å². The third-order valence-electron chi connectivity index (χ3n) is 3.08. The number of benzene rings is 2. The molecule has 0 saturated carbocycles. The van der Waals surface area contributed by atoms with Crippen LogP contribution in [0.1, 0.15) is 18.1 Å². The molecule has 0 unspecified atom stereocenters. The number of anilines is 1. The van der Waals surface area contributed by atoms with Crippen LogP contribution in [0.2, 0.25) is 0 Å². The van der Waals surface area contributed by atoms with Gasteiger partial charge in [-0.1, -0.05) is 53.2 Å². The predicted octanol–water partition coefficient (Wildman–Crippen LogP) is 4.63. The van der Waals surface area contributed by atoms with E-state index in [2.05, 4.69) is 46.4 Å². The number of hydrogen-bond acceptors (Lipinski definition) is 2. The fraction of sp³-hybridized carbons (Fsp3) is 0.250. The molecule has 2 aromatic rings. The minimum absolute atomic E-state index is 0.563. The van der Waals surface area contributed by atoms with E-state index in [0.717, 1.165) is 27.9 Å². The number of aryl methyl sites for hydroxylation is 1. The van der Waals surface area contributed by atoms with Crippen LogP contribution in [-0.4, -0.2) is 7.05 Å². The third-order valence-corrected chi connectivity index (χ3v) is 3.85. The largest absolute Gasteiger partial charge is 0.486 e. The highest BCUT2D eigenvalue weighted by molar-refractivity contribution is 9.10. The zero-order chi connectivity index (χ0) is 13.7. The maximum atomic E-state index is 6.02. The number of rotatable bonds is 5. The number of ether oxygens (including phenoxy) is 1. The first-order chi connectivity index (χ1) is 9.26. The summed E-state index contributed by atoms with van der Waals surface area (Å²) in [6.45, 7) is 2.70. The summed E-state index contributed by atoms with van der Waals surface area (Å²) in [4.78, 5) is 0. The highest BCUT2D eigenvalue weighted by Crippen LogP contribution is 2.30. The molecule has 100 valence electrons. The van der Waals surface area contributed by atoms with E-state index in [1.807, 2.05) is 31.3 Å². The highest BCUT2D eigenvalue weighted by Gasteiger charge is 2.08. The lowest BCUT2D eigenvalue weighted by Crippen LogP contribution is -2.02. The molecule has 0 saturated heterocycles. The molecule has 2 aromatic carbocycles. The van der Waals surface area contributed by atoms with Crippen molar-refractivity contribution in [2.45, 2.75) is 20.0 Å². The van der Waals surface area contributed by atoms with E-state index in [-0.39, 0.29) is 0 Å². The Morgan fingerprint density at radius 2 is 1.79 bits per heavy atom. The van der Waals surface area contributed by atoms with Crippen LogP contribution in [-0.2, 0) is 13.0 Å². The second kappa shape index (κ2) is 6.62. The van der Waals surface area contributed by atoms with Crippen molar-refractivity contribution < 1.29 is 4.74 Å². The van der Waals surface area contributed by atoms with E-state index in [9.17, 15) is 0 Å². The van der Waals surface area contributed by atoms with E-state index in [1.54, 1.807) is 0 Å². The average Bonchev–Trinajstić information content (AvgIpc) is 2.46. The van der Waals surface area contributed by atoms with Crippen molar-refractivity contribution in [1.82, 2.24) is 0 Å². The van der Waals surface area contributed by atoms with Crippen molar-refractivity contribution in [3.05, 3.63) is 58.1 Å². The van der Waals surface area contributed by atoms with Crippen molar-refractivity contribution in [3.8, 4) is 5.75 Å². The molecule has 0 fully saturated rings. The van der Waals surface area contributed by atoms with Crippen LogP contribution in [0.25, 0.3) is 0 Å². The van der Waals surface area contributed by atoms with Crippen molar-refractivity contribution in [2.75, 3.05) is 12.4 Å². The number of nitrogens with one attached hydrogen (secondary N) is 1. The van der Waals surface area contributed by atoms with E-state index in [0.29, 0.717) is 6.61 Å². The molecule has 19 heavy (non-hydrogen) atoms. The van der Waals surface area contributed by atoms with Crippen molar-refractivity contribution in [3.63, 3.8) is 0 Å². The summed E-state index contributed by atoms with van der Waals surface area (Å²) in [5.41, 5.74) is 3.40. The molecule has 1 N–H and O–H groups in total. The van der Waals surface area contributed by atoms with Crippen LogP contribution in [0.15, 0.2) is 46.9 Å². The second-order valence-electron chi connectivity index (χ2n) is 4.28. The van der Waals surface area contributed by atoms with E-state index in [1.165, 1.54) is 5.56 Å². The van der Waals surface area contributed by atoms with Gasteiger partial charge in [0.05, 0.1) is 5.69 Å². The van der Waals surface area contributed by atoms with Gasteiger partial charge in [-0.05, 0) is 24.1 Å². The van der Waals surface area contributed by atoms with Gasteiger partial charge in [0, 0.05) is 17.1 Å². The lowest BCUT2D eigenvalue weighted by atomic mass is 10.1. The van der Waals surface area contributed by atoms with Gasteiger partial charge in [-0.15, -0.1) is 0 Å². The Morgan fingerprint density at radius 3 is 2.47 bits per heavy atom. The third kappa shape index (κ3) is 3.29. The fourth-order valence-corrected chi connectivity index (χ4v) is 2.40. The van der Waals surface area contributed by atoms with Crippen LogP contribution in [0.4, 0.5) is 5.69 Å². The SMILES string of the molecule is CCc1cccc(NC)c1OCc1ccccc1Br. The lowest BCUT2D eigenvalue weighted by Gasteiger charge is -2.15. The van der Waals surface area contributed by atoms with Gasteiger partial charge in [0.2, 0.25) is 0 Å². The molecular formula is C16H18BrNO. The predicted molar refractivity (Wildman–Crippen MR) is 83.8 cm³/mol. The molecule has 0 heterocycles. The molecule has 0 aliphatic carbocycles. The minimum atomic E-state index is 0.563.